The van der Waals surface area contributed by atoms with Gasteiger partial charge >= 0.3 is 11.9 Å². The molecular weight excluding hydrogens is 330 g/mol. The van der Waals surface area contributed by atoms with Crippen molar-refractivity contribution in [2.45, 2.75) is 43.6 Å². The molecule has 0 spiro atoms. The minimum atomic E-state index is -1.35. The molecule has 1 aliphatic carbocycles. The summed E-state index contributed by atoms with van der Waals surface area (Å²) < 4.78 is 11.9. The van der Waals surface area contributed by atoms with E-state index in [4.69, 9.17) is 9.47 Å². The first-order chi connectivity index (χ1) is 12.4. The Morgan fingerprint density at radius 3 is 2.23 bits per heavy atom. The molecule has 142 valence electrons. The molecule has 1 saturated carbocycles. The summed E-state index contributed by atoms with van der Waals surface area (Å²) in [5.74, 6) is -1.00. The van der Waals surface area contributed by atoms with Gasteiger partial charge in [-0.05, 0) is 24.3 Å². The van der Waals surface area contributed by atoms with Crippen molar-refractivity contribution < 1.29 is 23.5 Å². The van der Waals surface area contributed by atoms with E-state index in [1.165, 1.54) is 7.11 Å². The largest absolute Gasteiger partial charge is 0.468 e. The molecule has 1 heterocycles. The highest BCUT2D eigenvalue weighted by Crippen LogP contribution is 2.44. The molecule has 5 heteroatoms. The van der Waals surface area contributed by atoms with Crippen molar-refractivity contribution in [1.82, 2.24) is 0 Å². The molecule has 1 aromatic carbocycles. The highest BCUT2D eigenvalue weighted by molar-refractivity contribution is 6.07. The Labute approximate surface area is 155 Å². The Balaban J connectivity index is 1.98. The molecule has 0 amide bonds. The van der Waals surface area contributed by atoms with E-state index in [1.807, 2.05) is 30.3 Å². The fourth-order valence-corrected chi connectivity index (χ4v) is 4.68. The number of likely N-dealkylation sites (N-methyl/N-ethyl adjacent to an activating group) is 1. The van der Waals surface area contributed by atoms with E-state index in [1.54, 1.807) is 0 Å². The first-order valence-corrected chi connectivity index (χ1v) is 9.57. The third-order valence-electron chi connectivity index (χ3n) is 6.05. The van der Waals surface area contributed by atoms with Gasteiger partial charge in [0.1, 0.15) is 6.54 Å². The molecule has 0 radical (unpaired) electrons. The fraction of sp³-hybridized carbons (Fsp3) is 0.619. The average molecular weight is 360 g/mol. The predicted octanol–water partition coefficient (Wildman–Crippen LogP) is 2.68. The number of benzene rings is 1. The quantitative estimate of drug-likeness (QED) is 0.460. The van der Waals surface area contributed by atoms with Crippen molar-refractivity contribution in [3.63, 3.8) is 0 Å². The van der Waals surface area contributed by atoms with Crippen molar-refractivity contribution in [1.29, 1.82) is 0 Å². The summed E-state index contributed by atoms with van der Waals surface area (Å²) in [7, 11) is 5.63. The van der Waals surface area contributed by atoms with E-state index in [2.05, 4.69) is 14.1 Å². The monoisotopic (exact) mass is 360 g/mol. The smallest absolute Gasteiger partial charge is 0.328 e. The maximum atomic E-state index is 13.5. The Morgan fingerprint density at radius 1 is 1.04 bits per heavy atom. The Morgan fingerprint density at radius 2 is 1.69 bits per heavy atom. The van der Waals surface area contributed by atoms with Gasteiger partial charge < -0.3 is 14.0 Å². The summed E-state index contributed by atoms with van der Waals surface area (Å²) in [5.41, 5.74) is -0.665. The van der Waals surface area contributed by atoms with Gasteiger partial charge in [0.25, 0.3) is 0 Å². The van der Waals surface area contributed by atoms with Crippen LogP contribution < -0.4 is 0 Å². The lowest BCUT2D eigenvalue weighted by atomic mass is 9.69. The van der Waals surface area contributed by atoms with Crippen LogP contribution in [0.4, 0.5) is 0 Å². The summed E-state index contributed by atoms with van der Waals surface area (Å²) in [4.78, 5) is 26.5. The molecule has 1 aliphatic heterocycles. The lowest BCUT2D eigenvalue weighted by Gasteiger charge is -2.35. The van der Waals surface area contributed by atoms with E-state index < -0.39 is 17.4 Å². The molecule has 2 unspecified atom stereocenters. The standard InChI is InChI=1S/C21H30NO4/c1-22(2)14-13-18(15-22)26-20(24)21(19(23)25-3,17-11-7-8-12-17)16-9-5-4-6-10-16/h4-6,9-10,17-18H,7-8,11-15H2,1-3H3/q+1. The van der Waals surface area contributed by atoms with Crippen molar-refractivity contribution in [3.05, 3.63) is 35.9 Å². The third-order valence-corrected chi connectivity index (χ3v) is 6.05. The van der Waals surface area contributed by atoms with E-state index in [0.29, 0.717) is 5.56 Å². The fourth-order valence-electron chi connectivity index (χ4n) is 4.68. The lowest BCUT2D eigenvalue weighted by molar-refractivity contribution is -0.879. The molecule has 2 aliphatic rings. The number of likely N-dealkylation sites (tertiary alicyclic amines) is 1. The van der Waals surface area contributed by atoms with Gasteiger partial charge in [0.2, 0.25) is 0 Å². The minimum absolute atomic E-state index is 0.0752. The Bertz CT molecular complexity index is 651. The summed E-state index contributed by atoms with van der Waals surface area (Å²) in [5, 5.41) is 0. The first-order valence-electron chi connectivity index (χ1n) is 9.57. The van der Waals surface area contributed by atoms with Crippen LogP contribution in [0.1, 0.15) is 37.7 Å². The number of hydrogen-bond donors (Lipinski definition) is 0. The van der Waals surface area contributed by atoms with Crippen LogP contribution in [-0.4, -0.2) is 56.8 Å². The maximum Gasteiger partial charge on any atom is 0.328 e. The van der Waals surface area contributed by atoms with Crippen LogP contribution in [0.2, 0.25) is 0 Å². The van der Waals surface area contributed by atoms with Crippen LogP contribution in [0.5, 0.6) is 0 Å². The van der Waals surface area contributed by atoms with Gasteiger partial charge in [-0.15, -0.1) is 0 Å². The van der Waals surface area contributed by atoms with Gasteiger partial charge in [0.15, 0.2) is 11.5 Å². The lowest BCUT2D eigenvalue weighted by Crippen LogP contribution is -2.52. The van der Waals surface area contributed by atoms with E-state index >= 15 is 0 Å². The summed E-state index contributed by atoms with van der Waals surface area (Å²) in [6.07, 6.45) is 4.41. The molecule has 0 aromatic heterocycles. The highest BCUT2D eigenvalue weighted by atomic mass is 16.6. The van der Waals surface area contributed by atoms with Gasteiger partial charge in [0.05, 0.1) is 27.7 Å². The Kier molecular flexibility index (Phi) is 5.37. The minimum Gasteiger partial charge on any atom is -0.468 e. The molecule has 26 heavy (non-hydrogen) atoms. The van der Waals surface area contributed by atoms with E-state index in [-0.39, 0.29) is 12.0 Å². The number of rotatable bonds is 5. The third kappa shape index (κ3) is 3.37. The van der Waals surface area contributed by atoms with Crippen LogP contribution in [0, 0.1) is 5.92 Å². The van der Waals surface area contributed by atoms with Crippen LogP contribution in [-0.2, 0) is 24.5 Å². The average Bonchev–Trinajstić information content (AvgIpc) is 3.26. The zero-order valence-electron chi connectivity index (χ0n) is 16.1. The van der Waals surface area contributed by atoms with Gasteiger partial charge in [-0.1, -0.05) is 43.2 Å². The highest BCUT2D eigenvalue weighted by Gasteiger charge is 2.57. The number of carbonyl (C=O) groups excluding carboxylic acids is 2. The number of esters is 2. The van der Waals surface area contributed by atoms with Crippen LogP contribution in [0.25, 0.3) is 0 Å². The first kappa shape index (κ1) is 18.9. The molecular formula is C21H30NO4+. The zero-order valence-corrected chi connectivity index (χ0v) is 16.1. The predicted molar refractivity (Wildman–Crippen MR) is 98.4 cm³/mol. The van der Waals surface area contributed by atoms with Crippen LogP contribution in [0.3, 0.4) is 0 Å². The van der Waals surface area contributed by atoms with Gasteiger partial charge in [0, 0.05) is 6.42 Å². The van der Waals surface area contributed by atoms with Crippen molar-refractivity contribution in [2.75, 3.05) is 34.3 Å². The molecule has 2 fully saturated rings. The molecule has 0 bridgehead atoms. The SMILES string of the molecule is COC(=O)C(C(=O)OC1CC[N+](C)(C)C1)(c1ccccc1)C1CCCC1. The van der Waals surface area contributed by atoms with Crippen molar-refractivity contribution in [2.24, 2.45) is 5.92 Å². The number of hydrogen-bond acceptors (Lipinski definition) is 4. The summed E-state index contributed by atoms with van der Waals surface area (Å²) in [6, 6.07) is 9.33. The van der Waals surface area contributed by atoms with Gasteiger partial charge in [-0.3, -0.25) is 9.59 Å². The second kappa shape index (κ2) is 7.39. The summed E-state index contributed by atoms with van der Waals surface area (Å²) >= 11 is 0. The maximum absolute atomic E-state index is 13.5. The number of nitrogens with zero attached hydrogens (tertiary/aromatic N) is 1. The van der Waals surface area contributed by atoms with E-state index in [0.717, 1.165) is 49.7 Å². The van der Waals surface area contributed by atoms with Gasteiger partial charge in [-0.2, -0.15) is 0 Å². The number of methoxy groups -OCH3 is 1. The van der Waals surface area contributed by atoms with Crippen LogP contribution in [0.15, 0.2) is 30.3 Å². The van der Waals surface area contributed by atoms with Crippen molar-refractivity contribution >= 4 is 11.9 Å². The number of quaternary nitrogens is 1. The molecule has 1 aromatic rings. The van der Waals surface area contributed by atoms with Crippen molar-refractivity contribution in [3.8, 4) is 0 Å². The second-order valence-electron chi connectivity index (χ2n) is 8.30. The van der Waals surface area contributed by atoms with E-state index in [9.17, 15) is 9.59 Å². The zero-order chi connectivity index (χ0) is 18.8. The van der Waals surface area contributed by atoms with Gasteiger partial charge in [-0.25, -0.2) is 0 Å². The number of ether oxygens (including phenoxy) is 2. The molecule has 1 saturated heterocycles. The molecule has 5 nitrogen and oxygen atoms in total. The molecule has 3 rings (SSSR count). The summed E-state index contributed by atoms with van der Waals surface area (Å²) in [6.45, 7) is 1.75. The molecule has 2 atom stereocenters. The molecule has 0 N–H and O–H groups in total. The number of carbonyl (C=O) groups is 2. The normalized spacial score (nSPS) is 24.8. The topological polar surface area (TPSA) is 52.6 Å². The van der Waals surface area contributed by atoms with Crippen LogP contribution >= 0.6 is 0 Å². The Hall–Kier alpha value is -1.88. The second-order valence-corrected chi connectivity index (χ2v) is 8.30.